The van der Waals surface area contributed by atoms with Crippen LogP contribution in [0.2, 0.25) is 0 Å². The number of aromatic hydroxyl groups is 1. The van der Waals surface area contributed by atoms with Crippen molar-refractivity contribution in [2.45, 2.75) is 25.4 Å². The first-order valence-corrected chi connectivity index (χ1v) is 8.43. The number of hydrogen-bond acceptors (Lipinski definition) is 6. The molecule has 8 heteroatoms. The number of phenols is 1. The van der Waals surface area contributed by atoms with E-state index in [1.54, 1.807) is 42.5 Å². The van der Waals surface area contributed by atoms with Gasteiger partial charge in [0.1, 0.15) is 11.8 Å². The van der Waals surface area contributed by atoms with Gasteiger partial charge in [-0.25, -0.2) is 0 Å². The molecule has 0 bridgehead atoms. The van der Waals surface area contributed by atoms with Crippen molar-refractivity contribution < 1.29 is 19.5 Å². The molecule has 2 aliphatic rings. The molecule has 2 heterocycles. The summed E-state index contributed by atoms with van der Waals surface area (Å²) in [6.45, 7) is 0.327. The number of piperidine rings is 1. The minimum atomic E-state index is -0.586. The molecule has 2 aliphatic heterocycles. The molecule has 4 rings (SSSR count). The molecule has 2 aromatic rings. The van der Waals surface area contributed by atoms with Gasteiger partial charge in [-0.15, -0.1) is 0 Å². The van der Waals surface area contributed by atoms with E-state index in [2.05, 4.69) is 5.32 Å². The molecule has 1 atom stereocenters. The molecule has 0 spiro atoms. The molecule has 0 aromatic heterocycles. The van der Waals surface area contributed by atoms with E-state index >= 15 is 0 Å². The summed E-state index contributed by atoms with van der Waals surface area (Å²) in [4.78, 5) is 36.7. The normalized spacial score (nSPS) is 18.4. The van der Waals surface area contributed by atoms with Crippen LogP contribution in [-0.4, -0.2) is 33.8 Å². The first-order valence-electron chi connectivity index (χ1n) is 8.43. The molecule has 1 unspecified atom stereocenters. The Bertz CT molecular complexity index is 874. The summed E-state index contributed by atoms with van der Waals surface area (Å²) in [7, 11) is 0. The van der Waals surface area contributed by atoms with Gasteiger partial charge < -0.3 is 21.5 Å². The number of rotatable bonds is 1. The predicted molar refractivity (Wildman–Crippen MR) is 99.4 cm³/mol. The van der Waals surface area contributed by atoms with Crippen LogP contribution in [0.15, 0.2) is 42.5 Å². The third-order valence-electron chi connectivity index (χ3n) is 4.51. The van der Waals surface area contributed by atoms with Crippen LogP contribution in [0.25, 0.3) is 0 Å². The number of nitrogens with zero attached hydrogens (tertiary/aromatic N) is 1. The number of fused-ring (bicyclic) bond motifs is 1. The highest BCUT2D eigenvalue weighted by atomic mass is 16.3. The number of carbonyl (C=O) groups is 3. The zero-order valence-electron chi connectivity index (χ0n) is 14.5. The largest absolute Gasteiger partial charge is 0.508 e. The minimum absolute atomic E-state index is 0.197. The Morgan fingerprint density at radius 1 is 1.04 bits per heavy atom. The topological polar surface area (TPSA) is 139 Å². The van der Waals surface area contributed by atoms with Crippen molar-refractivity contribution in [3.05, 3.63) is 53.6 Å². The van der Waals surface area contributed by atoms with Gasteiger partial charge >= 0.3 is 0 Å². The molecule has 8 nitrogen and oxygen atoms in total. The van der Waals surface area contributed by atoms with Crippen LogP contribution in [0.3, 0.4) is 0 Å². The lowest BCUT2D eigenvalue weighted by molar-refractivity contribution is -0.136. The maximum absolute atomic E-state index is 12.3. The number of anilines is 2. The van der Waals surface area contributed by atoms with E-state index in [0.717, 1.165) is 5.56 Å². The van der Waals surface area contributed by atoms with Crippen LogP contribution in [0.4, 0.5) is 11.4 Å². The van der Waals surface area contributed by atoms with Crippen LogP contribution in [0.1, 0.15) is 28.8 Å². The maximum atomic E-state index is 12.3. The van der Waals surface area contributed by atoms with Gasteiger partial charge in [0, 0.05) is 35.5 Å². The molecule has 6 N–H and O–H groups in total. The van der Waals surface area contributed by atoms with Gasteiger partial charge in [-0.2, -0.15) is 0 Å². The summed E-state index contributed by atoms with van der Waals surface area (Å²) in [5.74, 6) is -0.642. The number of hydrogen-bond donors (Lipinski definition) is 4. The highest BCUT2D eigenvalue weighted by Gasteiger charge is 2.39. The van der Waals surface area contributed by atoms with Crippen LogP contribution >= 0.6 is 0 Å². The van der Waals surface area contributed by atoms with E-state index in [0.29, 0.717) is 29.9 Å². The molecule has 3 amide bonds. The lowest BCUT2D eigenvalue weighted by Gasteiger charge is -2.29. The number of amides is 3. The smallest absolute Gasteiger partial charge is 0.255 e. The Morgan fingerprint density at radius 2 is 1.74 bits per heavy atom. The lowest BCUT2D eigenvalue weighted by Crippen LogP contribution is -2.52. The first-order chi connectivity index (χ1) is 12.9. The van der Waals surface area contributed by atoms with Gasteiger partial charge in [0.25, 0.3) is 5.91 Å². The van der Waals surface area contributed by atoms with Crippen molar-refractivity contribution in [3.8, 4) is 5.75 Å². The monoisotopic (exact) mass is 368 g/mol. The van der Waals surface area contributed by atoms with Crippen molar-refractivity contribution in [3.63, 3.8) is 0 Å². The molecular weight excluding hydrogens is 348 g/mol. The van der Waals surface area contributed by atoms with E-state index in [4.69, 9.17) is 16.6 Å². The average Bonchev–Trinajstić information content (AvgIpc) is 2.97. The summed E-state index contributed by atoms with van der Waals surface area (Å²) < 4.78 is 0. The van der Waals surface area contributed by atoms with Gasteiger partial charge in [0.2, 0.25) is 11.8 Å². The van der Waals surface area contributed by atoms with E-state index in [9.17, 15) is 14.4 Å². The van der Waals surface area contributed by atoms with E-state index in [1.807, 2.05) is 0 Å². The van der Waals surface area contributed by atoms with E-state index < -0.39 is 11.9 Å². The second kappa shape index (κ2) is 7.36. The number of benzene rings is 2. The van der Waals surface area contributed by atoms with Gasteiger partial charge in [-0.1, -0.05) is 6.07 Å². The van der Waals surface area contributed by atoms with Crippen molar-refractivity contribution >= 4 is 29.1 Å². The van der Waals surface area contributed by atoms with E-state index in [-0.39, 0.29) is 24.0 Å². The number of phenolic OH excluding ortho intramolecular Hbond substituents is 1. The van der Waals surface area contributed by atoms with E-state index in [1.165, 1.54) is 4.90 Å². The fourth-order valence-corrected chi connectivity index (χ4v) is 3.08. The molecule has 2 aromatic carbocycles. The summed E-state index contributed by atoms with van der Waals surface area (Å²) >= 11 is 0. The van der Waals surface area contributed by atoms with Crippen LogP contribution in [-0.2, 0) is 16.1 Å². The quantitative estimate of drug-likeness (QED) is 0.336. The van der Waals surface area contributed by atoms with Crippen molar-refractivity contribution in [2.24, 2.45) is 0 Å². The molecule has 27 heavy (non-hydrogen) atoms. The van der Waals surface area contributed by atoms with Gasteiger partial charge in [-0.3, -0.25) is 19.7 Å². The molecule has 0 saturated carbocycles. The summed E-state index contributed by atoms with van der Waals surface area (Å²) in [6, 6.07) is 11.0. The highest BCUT2D eigenvalue weighted by molar-refractivity contribution is 6.06. The summed E-state index contributed by atoms with van der Waals surface area (Å²) in [6.07, 6.45) is 0.621. The SMILES string of the molecule is Nc1ccc(O)cc1.Nc1cccc2c1CN(C1CCC(=O)NC1=O)C2=O. The Morgan fingerprint density at radius 3 is 2.33 bits per heavy atom. The Balaban J connectivity index is 0.000000221. The summed E-state index contributed by atoms with van der Waals surface area (Å²) in [5.41, 5.74) is 13.7. The van der Waals surface area contributed by atoms with Crippen molar-refractivity contribution in [2.75, 3.05) is 11.5 Å². The Kier molecular flexibility index (Phi) is 4.98. The number of imide groups is 1. The molecule has 0 radical (unpaired) electrons. The van der Waals surface area contributed by atoms with Gasteiger partial charge in [-0.05, 0) is 42.8 Å². The van der Waals surface area contributed by atoms with Gasteiger partial charge in [0.15, 0.2) is 0 Å². The third-order valence-corrected chi connectivity index (χ3v) is 4.51. The first kappa shape index (κ1) is 18.2. The fourth-order valence-electron chi connectivity index (χ4n) is 3.08. The summed E-state index contributed by atoms with van der Waals surface area (Å²) in [5, 5.41) is 11.0. The standard InChI is InChI=1S/C13H13N3O3.C6H7NO/c14-9-3-1-2-7-8(9)6-16(13(7)19)10-4-5-11(17)15-12(10)18;7-5-1-3-6(8)4-2-5/h1-3,10H,4-6,14H2,(H,15,17,18);1-4,8H,7H2. The zero-order chi connectivity index (χ0) is 19.6. The minimum Gasteiger partial charge on any atom is -0.508 e. The lowest BCUT2D eigenvalue weighted by atomic mass is 10.0. The molecule has 140 valence electrons. The van der Waals surface area contributed by atoms with Crippen LogP contribution < -0.4 is 16.8 Å². The van der Waals surface area contributed by atoms with Crippen LogP contribution in [0.5, 0.6) is 5.75 Å². The maximum Gasteiger partial charge on any atom is 0.255 e. The Hall–Kier alpha value is -3.55. The molecule has 1 fully saturated rings. The Labute approximate surface area is 155 Å². The van der Waals surface area contributed by atoms with Crippen LogP contribution in [0, 0.1) is 0 Å². The predicted octanol–water partition coefficient (Wildman–Crippen LogP) is 1.00. The molecule has 0 aliphatic carbocycles. The number of nitrogen functional groups attached to an aromatic ring is 2. The fraction of sp³-hybridized carbons (Fsp3) is 0.211. The number of nitrogens with one attached hydrogen (secondary N) is 1. The third kappa shape index (κ3) is 3.84. The second-order valence-corrected chi connectivity index (χ2v) is 6.36. The zero-order valence-corrected chi connectivity index (χ0v) is 14.5. The molecule has 1 saturated heterocycles. The average molecular weight is 368 g/mol. The van der Waals surface area contributed by atoms with Gasteiger partial charge in [0.05, 0.1) is 0 Å². The number of nitrogens with two attached hydrogens (primary N) is 2. The number of carbonyl (C=O) groups excluding carboxylic acids is 3. The highest BCUT2D eigenvalue weighted by Crippen LogP contribution is 2.30. The van der Waals surface area contributed by atoms with Crippen molar-refractivity contribution in [1.29, 1.82) is 0 Å². The second-order valence-electron chi connectivity index (χ2n) is 6.36. The molecular formula is C19H20N4O4. The van der Waals surface area contributed by atoms with Crippen molar-refractivity contribution in [1.82, 2.24) is 10.2 Å².